The zero-order chi connectivity index (χ0) is 13.5. The average Bonchev–Trinajstić information content (AvgIpc) is 2.82. The third-order valence-electron chi connectivity index (χ3n) is 2.48. The summed E-state index contributed by atoms with van der Waals surface area (Å²) in [4.78, 5) is 3.79. The van der Waals surface area contributed by atoms with Crippen molar-refractivity contribution in [1.29, 1.82) is 0 Å². The zero-order valence-corrected chi connectivity index (χ0v) is 10.7. The monoisotopic (exact) mass is 265 g/mol. The molecule has 102 valence electrons. The van der Waals surface area contributed by atoms with Gasteiger partial charge in [-0.15, -0.1) is 5.10 Å². The van der Waals surface area contributed by atoms with Gasteiger partial charge in [0.1, 0.15) is 5.82 Å². The molecule has 0 amide bonds. The highest BCUT2D eigenvalue weighted by Gasteiger charge is 2.02. The summed E-state index contributed by atoms with van der Waals surface area (Å²) in [6, 6.07) is 1.44. The molecule has 6 nitrogen and oxygen atoms in total. The minimum atomic E-state index is -0.348. The number of pyridine rings is 1. The van der Waals surface area contributed by atoms with Crippen molar-refractivity contribution in [2.45, 2.75) is 13.1 Å². The molecule has 1 N–H and O–H groups in total. The number of rotatable bonds is 7. The molecule has 0 aliphatic carbocycles. The first-order chi connectivity index (χ1) is 9.28. The van der Waals surface area contributed by atoms with Gasteiger partial charge < -0.3 is 10.1 Å². The molecule has 0 spiro atoms. The second kappa shape index (κ2) is 6.91. The number of nitrogens with zero attached hydrogens (tertiary/aromatic N) is 4. The maximum Gasteiger partial charge on any atom is 0.141 e. The number of aromatic nitrogens is 4. The summed E-state index contributed by atoms with van der Waals surface area (Å²) in [5, 5.41) is 11.2. The molecule has 0 unspecified atom stereocenters. The van der Waals surface area contributed by atoms with Gasteiger partial charge in [0.25, 0.3) is 0 Å². The Hall–Kier alpha value is -1.86. The molecule has 0 atom stereocenters. The lowest BCUT2D eigenvalue weighted by molar-refractivity contribution is 0.199. The molecule has 0 aromatic carbocycles. The molecule has 2 aromatic rings. The van der Waals surface area contributed by atoms with Crippen molar-refractivity contribution in [2.24, 2.45) is 0 Å². The van der Waals surface area contributed by atoms with Crippen LogP contribution in [0.3, 0.4) is 0 Å². The van der Waals surface area contributed by atoms with Gasteiger partial charge in [-0.1, -0.05) is 5.21 Å². The zero-order valence-electron chi connectivity index (χ0n) is 10.7. The Morgan fingerprint density at radius 1 is 1.42 bits per heavy atom. The minimum absolute atomic E-state index is 0.348. The first kappa shape index (κ1) is 13.6. The fraction of sp³-hybridized carbons (Fsp3) is 0.417. The Morgan fingerprint density at radius 2 is 2.32 bits per heavy atom. The lowest BCUT2D eigenvalue weighted by atomic mass is 10.3. The highest BCUT2D eigenvalue weighted by molar-refractivity contribution is 5.10. The standard InChI is InChI=1S/C12H16FN5O/c1-19-3-2-14-7-12-9-18(17-16-12)8-10-4-11(13)6-15-5-10/h4-6,9,14H,2-3,7-8H2,1H3. The van der Waals surface area contributed by atoms with Crippen LogP contribution in [0.5, 0.6) is 0 Å². The van der Waals surface area contributed by atoms with E-state index in [1.165, 1.54) is 12.3 Å². The lowest BCUT2D eigenvalue weighted by Gasteiger charge is -2.01. The normalized spacial score (nSPS) is 10.8. The molecule has 19 heavy (non-hydrogen) atoms. The molecule has 0 fully saturated rings. The molecular weight excluding hydrogens is 249 g/mol. The minimum Gasteiger partial charge on any atom is -0.383 e. The molecule has 2 rings (SSSR count). The van der Waals surface area contributed by atoms with Gasteiger partial charge in [0.2, 0.25) is 0 Å². The van der Waals surface area contributed by atoms with E-state index in [1.807, 2.05) is 6.20 Å². The van der Waals surface area contributed by atoms with E-state index in [4.69, 9.17) is 4.74 Å². The maximum atomic E-state index is 13.0. The number of ether oxygens (including phenoxy) is 1. The Morgan fingerprint density at radius 3 is 3.11 bits per heavy atom. The predicted octanol–water partition coefficient (Wildman–Crippen LogP) is 0.596. The van der Waals surface area contributed by atoms with Gasteiger partial charge in [-0.25, -0.2) is 9.07 Å². The van der Waals surface area contributed by atoms with Crippen LogP contribution in [0.25, 0.3) is 0 Å². The second-order valence-electron chi connectivity index (χ2n) is 4.09. The summed E-state index contributed by atoms with van der Waals surface area (Å²) in [5.41, 5.74) is 1.59. The maximum absolute atomic E-state index is 13.0. The lowest BCUT2D eigenvalue weighted by Crippen LogP contribution is -2.18. The molecule has 0 saturated heterocycles. The Kier molecular flexibility index (Phi) is 4.93. The Balaban J connectivity index is 1.87. The molecule has 0 saturated carbocycles. The predicted molar refractivity (Wildman–Crippen MR) is 66.9 cm³/mol. The second-order valence-corrected chi connectivity index (χ2v) is 4.09. The van der Waals surface area contributed by atoms with Crippen LogP contribution in [0.2, 0.25) is 0 Å². The van der Waals surface area contributed by atoms with Crippen LogP contribution in [0.15, 0.2) is 24.7 Å². The molecule has 0 aliphatic heterocycles. The van der Waals surface area contributed by atoms with Crippen molar-refractivity contribution < 1.29 is 9.13 Å². The quantitative estimate of drug-likeness (QED) is 0.743. The van der Waals surface area contributed by atoms with Crippen LogP contribution in [0, 0.1) is 5.82 Å². The van der Waals surface area contributed by atoms with Crippen LogP contribution in [-0.4, -0.2) is 40.2 Å². The number of hydrogen-bond acceptors (Lipinski definition) is 5. The van der Waals surface area contributed by atoms with Gasteiger partial charge in [0.05, 0.1) is 31.2 Å². The van der Waals surface area contributed by atoms with Crippen LogP contribution < -0.4 is 5.32 Å². The van der Waals surface area contributed by atoms with Crippen LogP contribution in [0.1, 0.15) is 11.3 Å². The summed E-state index contributed by atoms with van der Waals surface area (Å²) in [5.74, 6) is -0.348. The van der Waals surface area contributed by atoms with Crippen molar-refractivity contribution in [2.75, 3.05) is 20.3 Å². The molecule has 0 bridgehead atoms. The van der Waals surface area contributed by atoms with E-state index in [1.54, 1.807) is 18.0 Å². The van der Waals surface area contributed by atoms with Crippen molar-refractivity contribution in [3.8, 4) is 0 Å². The van der Waals surface area contributed by atoms with Gasteiger partial charge in [-0.3, -0.25) is 4.98 Å². The molecular formula is C12H16FN5O. The van der Waals surface area contributed by atoms with Gasteiger partial charge in [0.15, 0.2) is 0 Å². The largest absolute Gasteiger partial charge is 0.383 e. The SMILES string of the molecule is COCCNCc1cn(Cc2cncc(F)c2)nn1. The first-order valence-electron chi connectivity index (χ1n) is 5.96. The fourth-order valence-corrected chi connectivity index (χ4v) is 1.62. The summed E-state index contributed by atoms with van der Waals surface area (Å²) in [7, 11) is 1.66. The van der Waals surface area contributed by atoms with Gasteiger partial charge >= 0.3 is 0 Å². The summed E-state index contributed by atoms with van der Waals surface area (Å²) in [6.45, 7) is 2.50. The molecule has 2 aromatic heterocycles. The van der Waals surface area contributed by atoms with Gasteiger partial charge in [-0.05, 0) is 11.6 Å². The van der Waals surface area contributed by atoms with E-state index in [2.05, 4.69) is 20.6 Å². The van der Waals surface area contributed by atoms with Crippen molar-refractivity contribution >= 4 is 0 Å². The van der Waals surface area contributed by atoms with E-state index in [9.17, 15) is 4.39 Å². The van der Waals surface area contributed by atoms with Crippen LogP contribution >= 0.6 is 0 Å². The molecule has 0 aliphatic rings. The third kappa shape index (κ3) is 4.38. The molecule has 7 heteroatoms. The summed E-state index contributed by atoms with van der Waals surface area (Å²) in [6.07, 6.45) is 4.61. The Labute approximate surface area is 110 Å². The topological polar surface area (TPSA) is 64.9 Å². The van der Waals surface area contributed by atoms with E-state index >= 15 is 0 Å². The fourth-order valence-electron chi connectivity index (χ4n) is 1.62. The van der Waals surface area contributed by atoms with Crippen molar-refractivity contribution in [3.63, 3.8) is 0 Å². The smallest absolute Gasteiger partial charge is 0.141 e. The number of nitrogens with one attached hydrogen (secondary N) is 1. The number of methoxy groups -OCH3 is 1. The van der Waals surface area contributed by atoms with Gasteiger partial charge in [0, 0.05) is 26.4 Å². The third-order valence-corrected chi connectivity index (χ3v) is 2.48. The van der Waals surface area contributed by atoms with Crippen LogP contribution in [0.4, 0.5) is 4.39 Å². The van der Waals surface area contributed by atoms with Crippen molar-refractivity contribution in [3.05, 3.63) is 41.7 Å². The van der Waals surface area contributed by atoms with Crippen LogP contribution in [-0.2, 0) is 17.8 Å². The molecule has 0 radical (unpaired) electrons. The number of halogens is 1. The van der Waals surface area contributed by atoms with E-state index < -0.39 is 0 Å². The van der Waals surface area contributed by atoms with E-state index in [0.717, 1.165) is 17.8 Å². The Bertz CT molecular complexity index is 516. The highest BCUT2D eigenvalue weighted by Crippen LogP contribution is 2.03. The number of hydrogen-bond donors (Lipinski definition) is 1. The van der Waals surface area contributed by atoms with E-state index in [-0.39, 0.29) is 5.82 Å². The van der Waals surface area contributed by atoms with E-state index in [0.29, 0.717) is 19.7 Å². The summed E-state index contributed by atoms with van der Waals surface area (Å²) < 4.78 is 19.6. The molecule has 2 heterocycles. The highest BCUT2D eigenvalue weighted by atomic mass is 19.1. The summed E-state index contributed by atoms with van der Waals surface area (Å²) >= 11 is 0. The van der Waals surface area contributed by atoms with Crippen molar-refractivity contribution in [1.82, 2.24) is 25.3 Å². The first-order valence-corrected chi connectivity index (χ1v) is 5.96. The van der Waals surface area contributed by atoms with Gasteiger partial charge in [-0.2, -0.15) is 0 Å². The average molecular weight is 265 g/mol.